The van der Waals surface area contributed by atoms with Crippen molar-refractivity contribution in [3.05, 3.63) is 0 Å². The van der Waals surface area contributed by atoms with E-state index < -0.39 is 0 Å². The lowest BCUT2D eigenvalue weighted by Gasteiger charge is -2.26. The molecule has 0 aliphatic rings. The van der Waals surface area contributed by atoms with Crippen LogP contribution in [0.2, 0.25) is 0 Å². The lowest BCUT2D eigenvalue weighted by molar-refractivity contribution is -0.125. The van der Waals surface area contributed by atoms with Crippen LogP contribution in [-0.2, 0) is 4.79 Å². The summed E-state index contributed by atoms with van der Waals surface area (Å²) >= 11 is 0. The molecule has 2 nitrogen and oxygen atoms in total. The molecule has 0 amide bonds. The molecular weight excluding hydrogens is 402 g/mol. The van der Waals surface area contributed by atoms with Crippen LogP contribution in [0.25, 0.3) is 0 Å². The Morgan fingerprint density at radius 3 is 1.27 bits per heavy atom. The summed E-state index contributed by atoms with van der Waals surface area (Å²) in [6.45, 7) is 11.3. The molecule has 0 aromatic carbocycles. The lowest BCUT2D eigenvalue weighted by Crippen LogP contribution is -2.44. The number of carbonyl (C=O) groups excluding carboxylic acids is 1. The molecule has 1 N–H and O–H groups in total. The molecule has 1 unspecified atom stereocenters. The summed E-state index contributed by atoms with van der Waals surface area (Å²) < 4.78 is 0. The van der Waals surface area contributed by atoms with Gasteiger partial charge in [0.05, 0.1) is 6.04 Å². The highest BCUT2D eigenvalue weighted by Gasteiger charge is 2.25. The fourth-order valence-electron chi connectivity index (χ4n) is 5.15. The Morgan fingerprint density at radius 2 is 0.848 bits per heavy atom. The molecule has 0 bridgehead atoms. The maximum Gasteiger partial charge on any atom is 0.152 e. The minimum atomic E-state index is 0.0172. The second kappa shape index (κ2) is 24.7. The normalized spacial score (nSPS) is 13.5. The van der Waals surface area contributed by atoms with Gasteiger partial charge in [0.2, 0.25) is 0 Å². The Kier molecular flexibility index (Phi) is 24.5. The van der Waals surface area contributed by atoms with Crippen molar-refractivity contribution < 1.29 is 4.79 Å². The van der Waals surface area contributed by atoms with E-state index in [0.717, 1.165) is 12.8 Å². The summed E-state index contributed by atoms with van der Waals surface area (Å²) in [7, 11) is 0. The van der Waals surface area contributed by atoms with E-state index in [0.29, 0.717) is 11.8 Å². The van der Waals surface area contributed by atoms with Crippen molar-refractivity contribution >= 4 is 5.78 Å². The SMILES string of the molecule is CCCCCCCC(CCCCCCC)N[C@@H](C)C(=O)C(CCCCC)CCCCCCC. The smallest absolute Gasteiger partial charge is 0.152 e. The highest BCUT2D eigenvalue weighted by molar-refractivity contribution is 5.85. The van der Waals surface area contributed by atoms with E-state index in [1.165, 1.54) is 128 Å². The fourth-order valence-corrected chi connectivity index (χ4v) is 5.15. The molecule has 198 valence electrons. The Balaban J connectivity index is 4.73. The van der Waals surface area contributed by atoms with Crippen molar-refractivity contribution in [3.63, 3.8) is 0 Å². The van der Waals surface area contributed by atoms with E-state index in [9.17, 15) is 4.79 Å². The quantitative estimate of drug-likeness (QED) is 0.129. The molecule has 0 saturated heterocycles. The van der Waals surface area contributed by atoms with Crippen LogP contribution >= 0.6 is 0 Å². The summed E-state index contributed by atoms with van der Waals surface area (Å²) in [5.74, 6) is 0.777. The molecule has 0 spiro atoms. The third kappa shape index (κ3) is 19.6. The second-order valence-corrected chi connectivity index (χ2v) is 10.8. The Bertz CT molecular complexity index is 394. The Labute approximate surface area is 209 Å². The number of hydrogen-bond donors (Lipinski definition) is 1. The summed E-state index contributed by atoms with van der Waals surface area (Å²) in [4.78, 5) is 13.5. The van der Waals surface area contributed by atoms with Crippen LogP contribution in [-0.4, -0.2) is 17.9 Å². The van der Waals surface area contributed by atoms with E-state index in [4.69, 9.17) is 0 Å². The maximum atomic E-state index is 13.5. The summed E-state index contributed by atoms with van der Waals surface area (Å²) in [5, 5.41) is 3.83. The first-order chi connectivity index (χ1) is 16.1. The largest absolute Gasteiger partial charge is 0.305 e. The van der Waals surface area contributed by atoms with Gasteiger partial charge in [0.15, 0.2) is 5.78 Å². The standard InChI is InChI=1S/C31H63NO/c1-6-10-14-17-21-25-29(24-20-13-9-4)31(33)28(5)32-30(26-22-18-15-11-7-2)27-23-19-16-12-8-3/h28-30,32H,6-27H2,1-5H3/t28-,29?/m0/s1. The highest BCUT2D eigenvalue weighted by Crippen LogP contribution is 2.22. The van der Waals surface area contributed by atoms with Crippen LogP contribution in [0.3, 0.4) is 0 Å². The first-order valence-electron chi connectivity index (χ1n) is 15.4. The third-order valence-electron chi connectivity index (χ3n) is 7.44. The van der Waals surface area contributed by atoms with Gasteiger partial charge in [-0.15, -0.1) is 0 Å². The van der Waals surface area contributed by atoms with E-state index >= 15 is 0 Å². The second-order valence-electron chi connectivity index (χ2n) is 10.8. The zero-order valence-corrected chi connectivity index (χ0v) is 23.7. The summed E-state index contributed by atoms with van der Waals surface area (Å²) in [6.07, 6.45) is 28.3. The number of Topliss-reactive ketones (excluding diaryl/α,β-unsaturated/α-hetero) is 1. The highest BCUT2D eigenvalue weighted by atomic mass is 16.1. The van der Waals surface area contributed by atoms with E-state index in [1.807, 2.05) is 0 Å². The van der Waals surface area contributed by atoms with Gasteiger partial charge in [-0.2, -0.15) is 0 Å². The molecule has 0 radical (unpaired) electrons. The molecule has 0 aromatic heterocycles. The van der Waals surface area contributed by atoms with Crippen LogP contribution in [0.5, 0.6) is 0 Å². The zero-order chi connectivity index (χ0) is 24.6. The van der Waals surface area contributed by atoms with Gasteiger partial charge in [-0.05, 0) is 32.6 Å². The molecule has 2 atom stereocenters. The predicted octanol–water partition coefficient (Wildman–Crippen LogP) is 10.2. The Hall–Kier alpha value is -0.370. The topological polar surface area (TPSA) is 29.1 Å². The van der Waals surface area contributed by atoms with Gasteiger partial charge in [0.1, 0.15) is 0 Å². The van der Waals surface area contributed by atoms with Gasteiger partial charge in [0, 0.05) is 12.0 Å². The van der Waals surface area contributed by atoms with Crippen LogP contribution in [0.1, 0.15) is 176 Å². The molecule has 0 aromatic rings. The van der Waals surface area contributed by atoms with E-state index in [-0.39, 0.29) is 12.0 Å². The summed E-state index contributed by atoms with van der Waals surface area (Å²) in [5.41, 5.74) is 0. The monoisotopic (exact) mass is 465 g/mol. The Morgan fingerprint density at radius 1 is 0.515 bits per heavy atom. The van der Waals surface area contributed by atoms with Gasteiger partial charge in [0.25, 0.3) is 0 Å². The van der Waals surface area contributed by atoms with Crippen LogP contribution in [0.15, 0.2) is 0 Å². The van der Waals surface area contributed by atoms with Crippen LogP contribution < -0.4 is 5.32 Å². The molecule has 0 fully saturated rings. The fraction of sp³-hybridized carbons (Fsp3) is 0.968. The minimum Gasteiger partial charge on any atom is -0.305 e. The zero-order valence-electron chi connectivity index (χ0n) is 23.7. The number of carbonyl (C=O) groups is 1. The average molecular weight is 466 g/mol. The molecule has 0 heterocycles. The number of ketones is 1. The summed E-state index contributed by atoms with van der Waals surface area (Å²) in [6, 6.07) is 0.539. The van der Waals surface area contributed by atoms with Crippen LogP contribution in [0.4, 0.5) is 0 Å². The molecule has 33 heavy (non-hydrogen) atoms. The lowest BCUT2D eigenvalue weighted by atomic mass is 9.87. The average Bonchev–Trinajstić information content (AvgIpc) is 2.81. The number of nitrogens with one attached hydrogen (secondary N) is 1. The third-order valence-corrected chi connectivity index (χ3v) is 7.44. The number of hydrogen-bond acceptors (Lipinski definition) is 2. The van der Waals surface area contributed by atoms with Crippen molar-refractivity contribution in [1.29, 1.82) is 0 Å². The van der Waals surface area contributed by atoms with Gasteiger partial charge in [-0.1, -0.05) is 143 Å². The van der Waals surface area contributed by atoms with Gasteiger partial charge in [-0.25, -0.2) is 0 Å². The molecular formula is C31H63NO. The molecule has 0 aliphatic heterocycles. The minimum absolute atomic E-state index is 0.0172. The van der Waals surface area contributed by atoms with Crippen molar-refractivity contribution in [2.75, 3.05) is 0 Å². The molecule has 2 heteroatoms. The van der Waals surface area contributed by atoms with E-state index in [2.05, 4.69) is 39.9 Å². The number of unbranched alkanes of at least 4 members (excludes halogenated alkanes) is 14. The van der Waals surface area contributed by atoms with Crippen molar-refractivity contribution in [3.8, 4) is 0 Å². The molecule has 0 rings (SSSR count). The van der Waals surface area contributed by atoms with Crippen LogP contribution in [0, 0.1) is 5.92 Å². The molecule has 0 aliphatic carbocycles. The van der Waals surface area contributed by atoms with Crippen molar-refractivity contribution in [1.82, 2.24) is 5.32 Å². The van der Waals surface area contributed by atoms with Gasteiger partial charge >= 0.3 is 0 Å². The number of rotatable bonds is 26. The maximum absolute atomic E-state index is 13.5. The van der Waals surface area contributed by atoms with Gasteiger partial charge in [-0.3, -0.25) is 4.79 Å². The first-order valence-corrected chi connectivity index (χ1v) is 15.4. The van der Waals surface area contributed by atoms with E-state index in [1.54, 1.807) is 0 Å². The van der Waals surface area contributed by atoms with Crippen molar-refractivity contribution in [2.24, 2.45) is 5.92 Å². The first kappa shape index (κ1) is 32.6. The van der Waals surface area contributed by atoms with Gasteiger partial charge < -0.3 is 5.32 Å². The molecule has 0 saturated carbocycles. The predicted molar refractivity (Wildman–Crippen MR) is 149 cm³/mol. The van der Waals surface area contributed by atoms with Crippen molar-refractivity contribution in [2.45, 2.75) is 188 Å².